The van der Waals surface area contributed by atoms with Crippen LogP contribution in [0.15, 0.2) is 0 Å². The van der Waals surface area contributed by atoms with Crippen LogP contribution in [0.4, 0.5) is 4.79 Å². The third kappa shape index (κ3) is 2.29. The number of carbonyl (C=O) groups excluding carboxylic acids is 2. The first-order valence-corrected chi connectivity index (χ1v) is 6.45. The number of amides is 2. The summed E-state index contributed by atoms with van der Waals surface area (Å²) in [7, 11) is 1.34. The number of likely N-dealkylation sites (tertiary alicyclic amines) is 1. The number of ether oxygens (including phenoxy) is 1. The second-order valence-corrected chi connectivity index (χ2v) is 5.21. The number of nitrogens with two attached hydrogens (primary N) is 1. The lowest BCUT2D eigenvalue weighted by Gasteiger charge is -2.41. The van der Waals surface area contributed by atoms with E-state index in [1.54, 1.807) is 0 Å². The molecule has 1 unspecified atom stereocenters. The Morgan fingerprint density at radius 2 is 2.22 bits per heavy atom. The first-order chi connectivity index (χ1) is 8.61. The van der Waals surface area contributed by atoms with E-state index < -0.39 is 6.09 Å². The summed E-state index contributed by atoms with van der Waals surface area (Å²) in [5, 5.41) is 2.73. The number of carbonyl (C=O) groups is 2. The van der Waals surface area contributed by atoms with Gasteiger partial charge in [0, 0.05) is 19.6 Å². The van der Waals surface area contributed by atoms with Crippen molar-refractivity contribution in [1.29, 1.82) is 0 Å². The predicted octanol–water partition coefficient (Wildman–Crippen LogP) is 0.0723. The van der Waals surface area contributed by atoms with Crippen molar-refractivity contribution in [3.8, 4) is 0 Å². The van der Waals surface area contributed by atoms with Crippen molar-refractivity contribution < 1.29 is 14.3 Å². The van der Waals surface area contributed by atoms with Gasteiger partial charge in [-0.3, -0.25) is 4.79 Å². The minimum atomic E-state index is -0.438. The van der Waals surface area contributed by atoms with E-state index in [9.17, 15) is 9.59 Å². The van der Waals surface area contributed by atoms with Crippen molar-refractivity contribution in [3.05, 3.63) is 0 Å². The van der Waals surface area contributed by atoms with Crippen LogP contribution in [0.5, 0.6) is 0 Å². The van der Waals surface area contributed by atoms with E-state index in [2.05, 4.69) is 10.1 Å². The van der Waals surface area contributed by atoms with Gasteiger partial charge in [0.1, 0.15) is 0 Å². The van der Waals surface area contributed by atoms with Crippen LogP contribution in [0.2, 0.25) is 0 Å². The average Bonchev–Trinajstić information content (AvgIpc) is 2.76. The molecule has 1 saturated heterocycles. The summed E-state index contributed by atoms with van der Waals surface area (Å²) in [6.07, 6.45) is 3.22. The molecule has 6 nitrogen and oxygen atoms in total. The van der Waals surface area contributed by atoms with Crippen LogP contribution in [0, 0.1) is 5.41 Å². The number of hydrogen-bond donors (Lipinski definition) is 2. The minimum absolute atomic E-state index is 0.00342. The Bertz CT molecular complexity index is 336. The Hall–Kier alpha value is -1.30. The quantitative estimate of drug-likeness (QED) is 0.747. The van der Waals surface area contributed by atoms with Crippen LogP contribution in [0.25, 0.3) is 0 Å². The second-order valence-electron chi connectivity index (χ2n) is 5.21. The third-order valence-corrected chi connectivity index (χ3v) is 4.14. The summed E-state index contributed by atoms with van der Waals surface area (Å²) >= 11 is 0. The summed E-state index contributed by atoms with van der Waals surface area (Å²) in [4.78, 5) is 25.3. The van der Waals surface area contributed by atoms with Crippen LogP contribution in [-0.2, 0) is 9.53 Å². The van der Waals surface area contributed by atoms with Crippen molar-refractivity contribution in [1.82, 2.24) is 10.2 Å². The highest BCUT2D eigenvalue weighted by Crippen LogP contribution is 2.42. The number of hydrogen-bond acceptors (Lipinski definition) is 4. The van der Waals surface area contributed by atoms with E-state index in [1.165, 1.54) is 7.11 Å². The average molecular weight is 255 g/mol. The number of nitrogens with one attached hydrogen (secondary N) is 1. The lowest BCUT2D eigenvalue weighted by molar-refractivity contribution is -0.145. The molecule has 2 rings (SSSR count). The fourth-order valence-electron chi connectivity index (χ4n) is 2.73. The Balaban J connectivity index is 1.88. The molecule has 0 spiro atoms. The van der Waals surface area contributed by atoms with E-state index in [4.69, 9.17) is 5.73 Å². The highest BCUT2D eigenvalue weighted by molar-refractivity contribution is 5.84. The summed E-state index contributed by atoms with van der Waals surface area (Å²) in [5.74, 6) is 0.158. The van der Waals surface area contributed by atoms with Crippen LogP contribution in [0.1, 0.15) is 25.7 Å². The van der Waals surface area contributed by atoms with Crippen LogP contribution in [-0.4, -0.2) is 49.7 Å². The standard InChI is InChI=1S/C12H21N3O3/c1-18-11(17)14-9-3-6-15(7-9)10(16)12(8-13)4-2-5-12/h9H,2-8,13H2,1H3,(H,14,17). The molecule has 1 saturated carbocycles. The Morgan fingerprint density at radius 1 is 1.50 bits per heavy atom. The van der Waals surface area contributed by atoms with Gasteiger partial charge >= 0.3 is 6.09 Å². The molecular formula is C12H21N3O3. The Labute approximate surface area is 107 Å². The van der Waals surface area contributed by atoms with Crippen molar-refractivity contribution >= 4 is 12.0 Å². The van der Waals surface area contributed by atoms with Crippen molar-refractivity contribution in [2.45, 2.75) is 31.7 Å². The molecule has 6 heteroatoms. The topological polar surface area (TPSA) is 84.7 Å². The first-order valence-electron chi connectivity index (χ1n) is 6.45. The van der Waals surface area contributed by atoms with Gasteiger partial charge < -0.3 is 20.7 Å². The van der Waals surface area contributed by atoms with E-state index in [-0.39, 0.29) is 17.4 Å². The van der Waals surface area contributed by atoms with Gasteiger partial charge in [-0.2, -0.15) is 0 Å². The lowest BCUT2D eigenvalue weighted by Crippen LogP contribution is -2.52. The normalized spacial score (nSPS) is 25.4. The lowest BCUT2D eigenvalue weighted by atomic mass is 9.68. The molecule has 18 heavy (non-hydrogen) atoms. The molecule has 0 aromatic carbocycles. The smallest absolute Gasteiger partial charge is 0.407 e. The monoisotopic (exact) mass is 255 g/mol. The predicted molar refractivity (Wildman–Crippen MR) is 65.9 cm³/mol. The molecular weight excluding hydrogens is 234 g/mol. The van der Waals surface area contributed by atoms with Gasteiger partial charge in [0.25, 0.3) is 0 Å². The third-order valence-electron chi connectivity index (χ3n) is 4.14. The Kier molecular flexibility index (Phi) is 3.75. The summed E-state index contributed by atoms with van der Waals surface area (Å²) < 4.78 is 4.56. The van der Waals surface area contributed by atoms with Crippen molar-refractivity contribution in [2.75, 3.05) is 26.7 Å². The Morgan fingerprint density at radius 3 is 2.72 bits per heavy atom. The van der Waals surface area contributed by atoms with Crippen LogP contribution < -0.4 is 11.1 Å². The van der Waals surface area contributed by atoms with Gasteiger partial charge in [-0.1, -0.05) is 6.42 Å². The number of nitrogens with zero attached hydrogens (tertiary/aromatic N) is 1. The maximum absolute atomic E-state index is 12.4. The summed E-state index contributed by atoms with van der Waals surface area (Å²) in [6, 6.07) is -0.00342. The molecule has 3 N–H and O–H groups in total. The molecule has 1 heterocycles. The van der Waals surface area contributed by atoms with Gasteiger partial charge in [-0.25, -0.2) is 4.79 Å². The summed E-state index contributed by atoms with van der Waals surface area (Å²) in [6.45, 7) is 1.68. The number of alkyl carbamates (subject to hydrolysis) is 1. The zero-order valence-corrected chi connectivity index (χ0v) is 10.8. The molecule has 0 bridgehead atoms. The zero-order valence-electron chi connectivity index (χ0n) is 10.8. The zero-order chi connectivity index (χ0) is 13.2. The van der Waals surface area contributed by atoms with E-state index >= 15 is 0 Å². The fraction of sp³-hybridized carbons (Fsp3) is 0.833. The SMILES string of the molecule is COC(=O)NC1CCN(C(=O)C2(CN)CCC2)C1. The highest BCUT2D eigenvalue weighted by atomic mass is 16.5. The molecule has 2 aliphatic rings. The molecule has 0 radical (unpaired) electrons. The molecule has 2 amide bonds. The van der Waals surface area contributed by atoms with Gasteiger partial charge in [-0.05, 0) is 19.3 Å². The van der Waals surface area contributed by atoms with E-state index in [1.807, 2.05) is 4.90 Å². The maximum atomic E-state index is 12.4. The van der Waals surface area contributed by atoms with Gasteiger partial charge in [0.05, 0.1) is 18.6 Å². The molecule has 1 atom stereocenters. The minimum Gasteiger partial charge on any atom is -0.453 e. The van der Waals surface area contributed by atoms with Crippen molar-refractivity contribution in [2.24, 2.45) is 11.1 Å². The van der Waals surface area contributed by atoms with Gasteiger partial charge in [-0.15, -0.1) is 0 Å². The number of rotatable bonds is 3. The van der Waals surface area contributed by atoms with Crippen LogP contribution in [0.3, 0.4) is 0 Å². The molecule has 2 fully saturated rings. The number of methoxy groups -OCH3 is 1. The maximum Gasteiger partial charge on any atom is 0.407 e. The molecule has 0 aromatic rings. The van der Waals surface area contributed by atoms with Gasteiger partial charge in [0.15, 0.2) is 0 Å². The molecule has 102 valence electrons. The van der Waals surface area contributed by atoms with E-state index in [0.717, 1.165) is 25.7 Å². The molecule has 1 aliphatic heterocycles. The fourth-order valence-corrected chi connectivity index (χ4v) is 2.73. The van der Waals surface area contributed by atoms with E-state index in [0.29, 0.717) is 19.6 Å². The first kappa shape index (κ1) is 13.1. The van der Waals surface area contributed by atoms with Crippen molar-refractivity contribution in [3.63, 3.8) is 0 Å². The second kappa shape index (κ2) is 5.14. The van der Waals surface area contributed by atoms with Gasteiger partial charge in [0.2, 0.25) is 5.91 Å². The molecule has 1 aliphatic carbocycles. The van der Waals surface area contributed by atoms with Crippen LogP contribution >= 0.6 is 0 Å². The largest absolute Gasteiger partial charge is 0.453 e. The molecule has 0 aromatic heterocycles. The highest BCUT2D eigenvalue weighted by Gasteiger charge is 2.46. The summed E-state index contributed by atoms with van der Waals surface area (Å²) in [5.41, 5.74) is 5.42.